The third-order valence-corrected chi connectivity index (χ3v) is 4.57. The Balaban J connectivity index is 1.76. The van der Waals surface area contributed by atoms with Gasteiger partial charge in [0.2, 0.25) is 0 Å². The molecule has 0 aliphatic heterocycles. The van der Waals surface area contributed by atoms with Gasteiger partial charge in [0.05, 0.1) is 0 Å². The van der Waals surface area contributed by atoms with E-state index in [-0.39, 0.29) is 0 Å². The number of rotatable bonds is 8. The summed E-state index contributed by atoms with van der Waals surface area (Å²) in [7, 11) is 0. The predicted octanol–water partition coefficient (Wildman–Crippen LogP) is 5.45. The van der Waals surface area contributed by atoms with E-state index in [1.54, 1.807) is 0 Å². The number of aryl methyl sites for hydroxylation is 2. The Morgan fingerprint density at radius 2 is 1.59 bits per heavy atom. The third kappa shape index (κ3) is 4.76. The Morgan fingerprint density at radius 1 is 0.889 bits per heavy atom. The number of para-hydroxylation sites is 1. The summed E-state index contributed by atoms with van der Waals surface area (Å²) < 4.78 is 0. The number of nitrogen functional groups attached to an aromatic ring is 1. The lowest BCUT2D eigenvalue weighted by atomic mass is 10.1. The summed E-state index contributed by atoms with van der Waals surface area (Å²) in [6.45, 7) is 4.33. The molecule has 27 heavy (non-hydrogen) atoms. The van der Waals surface area contributed by atoms with Crippen LogP contribution in [0.15, 0.2) is 54.9 Å². The van der Waals surface area contributed by atoms with Gasteiger partial charge in [0.1, 0.15) is 12.0 Å². The molecule has 0 radical (unpaired) electrons. The van der Waals surface area contributed by atoms with Crippen molar-refractivity contribution < 1.29 is 0 Å². The summed E-state index contributed by atoms with van der Waals surface area (Å²) in [6.07, 6.45) is 5.97. The standard InChI is InChI=1S/C22H27N5/c1-3-5-8-16-11-13-18(14-12-16)26-21-20(23)22(25-15-24-21)27-19-10-7-6-9-17(19)4-2/h6-7,9-15H,3-5,8,23H2,1-2H3,(H2,24,25,26,27). The molecule has 0 saturated heterocycles. The molecule has 5 nitrogen and oxygen atoms in total. The van der Waals surface area contributed by atoms with Gasteiger partial charge >= 0.3 is 0 Å². The quantitative estimate of drug-likeness (QED) is 0.497. The van der Waals surface area contributed by atoms with Crippen LogP contribution in [-0.4, -0.2) is 9.97 Å². The van der Waals surface area contributed by atoms with Gasteiger partial charge in [-0.3, -0.25) is 0 Å². The topological polar surface area (TPSA) is 75.9 Å². The summed E-state index contributed by atoms with van der Waals surface area (Å²) in [5.41, 5.74) is 11.3. The van der Waals surface area contributed by atoms with Gasteiger partial charge in [0, 0.05) is 11.4 Å². The van der Waals surface area contributed by atoms with Crippen molar-refractivity contribution in [1.82, 2.24) is 9.97 Å². The molecule has 4 N–H and O–H groups in total. The highest BCUT2D eigenvalue weighted by Gasteiger charge is 2.10. The van der Waals surface area contributed by atoms with E-state index in [4.69, 9.17) is 5.73 Å². The molecule has 0 saturated carbocycles. The van der Waals surface area contributed by atoms with Crippen molar-refractivity contribution >= 4 is 28.7 Å². The van der Waals surface area contributed by atoms with Crippen molar-refractivity contribution in [3.05, 3.63) is 66.0 Å². The Bertz CT molecular complexity index is 874. The Kier molecular flexibility index (Phi) is 6.26. The second-order valence-corrected chi connectivity index (χ2v) is 6.55. The van der Waals surface area contributed by atoms with E-state index < -0.39 is 0 Å². The van der Waals surface area contributed by atoms with Gasteiger partial charge in [0.25, 0.3) is 0 Å². The second-order valence-electron chi connectivity index (χ2n) is 6.55. The number of nitrogens with one attached hydrogen (secondary N) is 2. The van der Waals surface area contributed by atoms with Crippen LogP contribution in [0.5, 0.6) is 0 Å². The number of nitrogens with two attached hydrogens (primary N) is 1. The number of benzene rings is 2. The zero-order chi connectivity index (χ0) is 19.1. The molecule has 0 aliphatic carbocycles. The molecular formula is C22H27N5. The van der Waals surface area contributed by atoms with Crippen molar-refractivity contribution in [2.75, 3.05) is 16.4 Å². The van der Waals surface area contributed by atoms with Crippen molar-refractivity contribution in [3.63, 3.8) is 0 Å². The molecule has 140 valence electrons. The molecule has 1 aromatic heterocycles. The van der Waals surface area contributed by atoms with Gasteiger partial charge in [0.15, 0.2) is 11.6 Å². The average Bonchev–Trinajstić information content (AvgIpc) is 2.71. The zero-order valence-corrected chi connectivity index (χ0v) is 16.0. The van der Waals surface area contributed by atoms with Crippen molar-refractivity contribution in [2.24, 2.45) is 0 Å². The van der Waals surface area contributed by atoms with Crippen LogP contribution in [0.4, 0.5) is 28.7 Å². The molecule has 0 unspecified atom stereocenters. The first-order valence-corrected chi connectivity index (χ1v) is 9.52. The van der Waals surface area contributed by atoms with E-state index in [0.29, 0.717) is 17.3 Å². The largest absolute Gasteiger partial charge is 0.393 e. The summed E-state index contributed by atoms with van der Waals surface area (Å²) >= 11 is 0. The normalized spacial score (nSPS) is 10.6. The van der Waals surface area contributed by atoms with Crippen LogP contribution >= 0.6 is 0 Å². The smallest absolute Gasteiger partial charge is 0.159 e. The lowest BCUT2D eigenvalue weighted by Gasteiger charge is -2.14. The highest BCUT2D eigenvalue weighted by molar-refractivity contribution is 5.80. The van der Waals surface area contributed by atoms with Crippen LogP contribution in [0.25, 0.3) is 0 Å². The third-order valence-electron chi connectivity index (χ3n) is 4.57. The minimum atomic E-state index is 0.499. The minimum Gasteiger partial charge on any atom is -0.393 e. The SMILES string of the molecule is CCCCc1ccc(Nc2ncnc(Nc3ccccc3CC)c2N)cc1. The van der Waals surface area contributed by atoms with Crippen LogP contribution < -0.4 is 16.4 Å². The maximum atomic E-state index is 6.32. The number of hydrogen-bond acceptors (Lipinski definition) is 5. The molecule has 3 aromatic rings. The summed E-state index contributed by atoms with van der Waals surface area (Å²) in [5, 5.41) is 6.63. The van der Waals surface area contributed by atoms with Gasteiger partial charge in [-0.2, -0.15) is 0 Å². The number of nitrogens with zero attached hydrogens (tertiary/aromatic N) is 2. The second kappa shape index (κ2) is 9.03. The monoisotopic (exact) mass is 361 g/mol. The molecule has 5 heteroatoms. The van der Waals surface area contributed by atoms with Crippen molar-refractivity contribution in [1.29, 1.82) is 0 Å². The Hall–Kier alpha value is -3.08. The molecule has 1 heterocycles. The number of unbranched alkanes of at least 4 members (excludes halogenated alkanes) is 1. The molecule has 2 aromatic carbocycles. The van der Waals surface area contributed by atoms with Crippen LogP contribution in [0.1, 0.15) is 37.8 Å². The maximum absolute atomic E-state index is 6.32. The first-order valence-electron chi connectivity index (χ1n) is 9.52. The van der Waals surface area contributed by atoms with Crippen LogP contribution in [0.3, 0.4) is 0 Å². The Morgan fingerprint density at radius 3 is 2.30 bits per heavy atom. The van der Waals surface area contributed by atoms with Gasteiger partial charge in [-0.15, -0.1) is 0 Å². The number of aromatic nitrogens is 2. The van der Waals surface area contributed by atoms with Crippen LogP contribution in [0, 0.1) is 0 Å². The van der Waals surface area contributed by atoms with Crippen molar-refractivity contribution in [3.8, 4) is 0 Å². The van der Waals surface area contributed by atoms with Crippen molar-refractivity contribution in [2.45, 2.75) is 39.5 Å². The predicted molar refractivity (Wildman–Crippen MR) is 114 cm³/mol. The highest BCUT2D eigenvalue weighted by Crippen LogP contribution is 2.29. The van der Waals surface area contributed by atoms with Crippen LogP contribution in [-0.2, 0) is 12.8 Å². The molecule has 0 bridgehead atoms. The van der Waals surface area contributed by atoms with E-state index in [0.717, 1.165) is 24.2 Å². The first-order chi connectivity index (χ1) is 13.2. The van der Waals surface area contributed by atoms with E-state index in [1.807, 2.05) is 18.2 Å². The molecular weight excluding hydrogens is 334 g/mol. The molecule has 0 atom stereocenters. The minimum absolute atomic E-state index is 0.499. The van der Waals surface area contributed by atoms with Gasteiger partial charge in [-0.25, -0.2) is 9.97 Å². The maximum Gasteiger partial charge on any atom is 0.159 e. The number of hydrogen-bond donors (Lipinski definition) is 3. The summed E-state index contributed by atoms with van der Waals surface area (Å²) in [6, 6.07) is 16.6. The first kappa shape index (κ1) is 18.7. The highest BCUT2D eigenvalue weighted by atomic mass is 15.1. The Labute approximate surface area is 161 Å². The van der Waals surface area contributed by atoms with E-state index in [1.165, 1.54) is 30.3 Å². The summed E-state index contributed by atoms with van der Waals surface area (Å²) in [5.74, 6) is 1.20. The van der Waals surface area contributed by atoms with Gasteiger partial charge < -0.3 is 16.4 Å². The molecule has 0 spiro atoms. The fraction of sp³-hybridized carbons (Fsp3) is 0.273. The summed E-state index contributed by atoms with van der Waals surface area (Å²) in [4.78, 5) is 8.62. The van der Waals surface area contributed by atoms with Crippen LogP contribution in [0.2, 0.25) is 0 Å². The fourth-order valence-electron chi connectivity index (χ4n) is 2.95. The average molecular weight is 361 g/mol. The molecule has 0 fully saturated rings. The van der Waals surface area contributed by atoms with Gasteiger partial charge in [-0.05, 0) is 48.6 Å². The lowest BCUT2D eigenvalue weighted by Crippen LogP contribution is -2.06. The van der Waals surface area contributed by atoms with E-state index >= 15 is 0 Å². The fourth-order valence-corrected chi connectivity index (χ4v) is 2.95. The number of anilines is 5. The molecule has 0 aliphatic rings. The van der Waals surface area contributed by atoms with Gasteiger partial charge in [-0.1, -0.05) is 50.6 Å². The molecule has 0 amide bonds. The van der Waals surface area contributed by atoms with E-state index in [2.05, 4.69) is 64.8 Å². The lowest BCUT2D eigenvalue weighted by molar-refractivity contribution is 0.795. The zero-order valence-electron chi connectivity index (χ0n) is 16.0. The van der Waals surface area contributed by atoms with E-state index in [9.17, 15) is 0 Å². The molecule has 3 rings (SSSR count).